The highest BCUT2D eigenvalue weighted by Crippen LogP contribution is 2.24. The molecule has 2 N–H and O–H groups in total. The van der Waals surface area contributed by atoms with Crippen LogP contribution >= 0.6 is 0 Å². The van der Waals surface area contributed by atoms with Crippen LogP contribution in [0.5, 0.6) is 0 Å². The minimum Gasteiger partial charge on any atom is -0.385 e. The molecule has 0 aliphatic heterocycles. The molecule has 0 spiro atoms. The Kier molecular flexibility index (Phi) is 3.82. The van der Waals surface area contributed by atoms with Crippen molar-refractivity contribution in [1.82, 2.24) is 5.32 Å². The van der Waals surface area contributed by atoms with Crippen molar-refractivity contribution in [3.05, 3.63) is 48.0 Å². The molecule has 18 heavy (non-hydrogen) atoms. The number of hydrogen-bond donors (Lipinski definition) is 2. The molecule has 1 amide bonds. The summed E-state index contributed by atoms with van der Waals surface area (Å²) in [5.74, 6) is -0.0995. The fourth-order valence-corrected chi connectivity index (χ4v) is 2.23. The highest BCUT2D eigenvalue weighted by atomic mass is 16.3. The van der Waals surface area contributed by atoms with Crippen molar-refractivity contribution in [2.45, 2.75) is 37.8 Å². The van der Waals surface area contributed by atoms with E-state index in [-0.39, 0.29) is 18.4 Å². The molecular formula is C15H19NO2. The first-order valence-corrected chi connectivity index (χ1v) is 6.30. The van der Waals surface area contributed by atoms with Crippen molar-refractivity contribution < 1.29 is 9.90 Å². The molecule has 0 heterocycles. The maximum Gasteiger partial charge on any atom is 0.223 e. The summed E-state index contributed by atoms with van der Waals surface area (Å²) in [6, 6.07) is 9.49. The minimum atomic E-state index is -1.11. The summed E-state index contributed by atoms with van der Waals surface area (Å²) < 4.78 is 0. The van der Waals surface area contributed by atoms with Crippen molar-refractivity contribution in [3.63, 3.8) is 0 Å². The number of nitrogens with one attached hydrogen (secondary N) is 1. The second kappa shape index (κ2) is 5.36. The van der Waals surface area contributed by atoms with E-state index in [1.54, 1.807) is 6.92 Å². The number of carbonyl (C=O) groups excluding carboxylic acids is 1. The molecule has 3 heteroatoms. The summed E-state index contributed by atoms with van der Waals surface area (Å²) >= 11 is 0. The zero-order chi connectivity index (χ0) is 13.0. The summed E-state index contributed by atoms with van der Waals surface area (Å²) in [7, 11) is 0. The molecule has 1 aliphatic rings. The molecule has 96 valence electrons. The molecule has 0 radical (unpaired) electrons. The van der Waals surface area contributed by atoms with Crippen molar-refractivity contribution in [1.29, 1.82) is 0 Å². The van der Waals surface area contributed by atoms with Crippen molar-refractivity contribution in [2.24, 2.45) is 0 Å². The van der Waals surface area contributed by atoms with Gasteiger partial charge in [0.05, 0.1) is 12.0 Å². The van der Waals surface area contributed by atoms with Gasteiger partial charge >= 0.3 is 0 Å². The van der Waals surface area contributed by atoms with E-state index in [1.165, 1.54) is 0 Å². The average molecular weight is 245 g/mol. The lowest BCUT2D eigenvalue weighted by Crippen LogP contribution is -2.37. The van der Waals surface area contributed by atoms with Gasteiger partial charge in [-0.2, -0.15) is 0 Å². The topological polar surface area (TPSA) is 49.3 Å². The Labute approximate surface area is 108 Å². The van der Waals surface area contributed by atoms with Gasteiger partial charge in [-0.15, -0.1) is 0 Å². The van der Waals surface area contributed by atoms with Crippen LogP contribution < -0.4 is 5.32 Å². The zero-order valence-electron chi connectivity index (χ0n) is 10.6. The zero-order valence-corrected chi connectivity index (χ0v) is 10.6. The number of amides is 1. The summed E-state index contributed by atoms with van der Waals surface area (Å²) in [6.07, 6.45) is 6.01. The summed E-state index contributed by atoms with van der Waals surface area (Å²) in [6.45, 7) is 1.68. The Morgan fingerprint density at radius 2 is 1.94 bits per heavy atom. The van der Waals surface area contributed by atoms with Crippen molar-refractivity contribution in [3.8, 4) is 0 Å². The van der Waals surface area contributed by atoms with E-state index in [0.29, 0.717) is 0 Å². The third-order valence-corrected chi connectivity index (χ3v) is 3.27. The number of aliphatic hydroxyl groups is 1. The monoisotopic (exact) mass is 245 g/mol. The summed E-state index contributed by atoms with van der Waals surface area (Å²) in [4.78, 5) is 11.9. The molecule has 1 atom stereocenters. The minimum absolute atomic E-state index is 0.0908. The fourth-order valence-electron chi connectivity index (χ4n) is 2.23. The first-order chi connectivity index (χ1) is 8.58. The molecule has 0 saturated heterocycles. The van der Waals surface area contributed by atoms with Gasteiger partial charge in [-0.3, -0.25) is 4.79 Å². The smallest absolute Gasteiger partial charge is 0.223 e. The van der Waals surface area contributed by atoms with Crippen LogP contribution in [0.1, 0.15) is 31.7 Å². The lowest BCUT2D eigenvalue weighted by molar-refractivity contribution is -0.126. The lowest BCUT2D eigenvalue weighted by Gasteiger charge is -2.24. The van der Waals surface area contributed by atoms with Gasteiger partial charge in [0.15, 0.2) is 0 Å². The quantitative estimate of drug-likeness (QED) is 0.798. The van der Waals surface area contributed by atoms with Crippen LogP contribution in [-0.4, -0.2) is 17.1 Å². The Bertz CT molecular complexity index is 429. The molecule has 1 aromatic carbocycles. The summed E-state index contributed by atoms with van der Waals surface area (Å²) in [5, 5.41) is 13.3. The number of hydrogen-bond acceptors (Lipinski definition) is 2. The van der Waals surface area contributed by atoms with E-state index >= 15 is 0 Å². The first-order valence-electron chi connectivity index (χ1n) is 6.30. The number of benzene rings is 1. The van der Waals surface area contributed by atoms with Crippen molar-refractivity contribution in [2.75, 3.05) is 0 Å². The largest absolute Gasteiger partial charge is 0.385 e. The van der Waals surface area contributed by atoms with Gasteiger partial charge in [-0.05, 0) is 25.3 Å². The molecule has 2 rings (SSSR count). The van der Waals surface area contributed by atoms with Crippen LogP contribution in [0, 0.1) is 0 Å². The van der Waals surface area contributed by atoms with Gasteiger partial charge in [-0.1, -0.05) is 42.5 Å². The molecule has 0 bridgehead atoms. The SMILES string of the molecule is CC(O)(CC(=O)NC1CC=CC1)c1ccccc1. The number of carbonyl (C=O) groups is 1. The van der Waals surface area contributed by atoms with E-state index in [1.807, 2.05) is 30.3 Å². The molecule has 1 unspecified atom stereocenters. The van der Waals surface area contributed by atoms with E-state index in [2.05, 4.69) is 17.5 Å². The maximum atomic E-state index is 11.9. The van der Waals surface area contributed by atoms with Crippen LogP contribution in [0.2, 0.25) is 0 Å². The molecule has 0 fully saturated rings. The second-order valence-electron chi connectivity index (χ2n) is 5.02. The van der Waals surface area contributed by atoms with Crippen LogP contribution in [-0.2, 0) is 10.4 Å². The molecule has 1 aliphatic carbocycles. The van der Waals surface area contributed by atoms with Crippen LogP contribution in [0.15, 0.2) is 42.5 Å². The fraction of sp³-hybridized carbons (Fsp3) is 0.400. The maximum absolute atomic E-state index is 11.9. The van der Waals surface area contributed by atoms with Crippen LogP contribution in [0.3, 0.4) is 0 Å². The van der Waals surface area contributed by atoms with E-state index in [9.17, 15) is 9.90 Å². The third kappa shape index (κ3) is 3.20. The molecular weight excluding hydrogens is 226 g/mol. The lowest BCUT2D eigenvalue weighted by atomic mass is 9.92. The highest BCUT2D eigenvalue weighted by Gasteiger charge is 2.27. The van der Waals surface area contributed by atoms with Gasteiger partial charge in [0.2, 0.25) is 5.91 Å². The van der Waals surface area contributed by atoms with Crippen LogP contribution in [0.4, 0.5) is 0 Å². The van der Waals surface area contributed by atoms with Gasteiger partial charge in [-0.25, -0.2) is 0 Å². The average Bonchev–Trinajstić information content (AvgIpc) is 2.82. The predicted molar refractivity (Wildman–Crippen MR) is 70.9 cm³/mol. The van der Waals surface area contributed by atoms with Gasteiger partial charge in [0.25, 0.3) is 0 Å². The van der Waals surface area contributed by atoms with E-state index < -0.39 is 5.60 Å². The van der Waals surface area contributed by atoms with E-state index in [0.717, 1.165) is 18.4 Å². The summed E-state index contributed by atoms with van der Waals surface area (Å²) in [5.41, 5.74) is -0.345. The Morgan fingerprint density at radius 1 is 1.33 bits per heavy atom. The van der Waals surface area contributed by atoms with Gasteiger partial charge in [0.1, 0.15) is 0 Å². The molecule has 1 aromatic rings. The van der Waals surface area contributed by atoms with Crippen LogP contribution in [0.25, 0.3) is 0 Å². The highest BCUT2D eigenvalue weighted by molar-refractivity contribution is 5.77. The van der Waals surface area contributed by atoms with Gasteiger partial charge in [0, 0.05) is 6.04 Å². The Balaban J connectivity index is 1.93. The van der Waals surface area contributed by atoms with E-state index in [4.69, 9.17) is 0 Å². The Hall–Kier alpha value is -1.61. The molecule has 3 nitrogen and oxygen atoms in total. The van der Waals surface area contributed by atoms with Gasteiger partial charge < -0.3 is 10.4 Å². The third-order valence-electron chi connectivity index (χ3n) is 3.27. The predicted octanol–water partition coefficient (Wildman–Crippen LogP) is 2.12. The number of rotatable bonds is 4. The van der Waals surface area contributed by atoms with Crippen molar-refractivity contribution >= 4 is 5.91 Å². The first kappa shape index (κ1) is 12.8. The molecule has 0 aromatic heterocycles. The molecule has 0 saturated carbocycles. The standard InChI is InChI=1S/C15H19NO2/c1-15(18,12-7-3-2-4-8-12)11-14(17)16-13-9-5-6-10-13/h2-8,13,18H,9-11H2,1H3,(H,16,17). The second-order valence-corrected chi connectivity index (χ2v) is 5.02. The Morgan fingerprint density at radius 3 is 2.56 bits per heavy atom. The normalized spacial score (nSPS) is 18.6.